The van der Waals surface area contributed by atoms with Gasteiger partial charge >= 0.3 is 0 Å². The maximum absolute atomic E-state index is 11.3. The van der Waals surface area contributed by atoms with Crippen LogP contribution in [0.4, 0.5) is 5.69 Å². The van der Waals surface area contributed by atoms with E-state index in [0.717, 1.165) is 0 Å². The molecule has 0 aliphatic carbocycles. The third-order valence-electron chi connectivity index (χ3n) is 1.99. The molecule has 92 valence electrons. The van der Waals surface area contributed by atoms with Gasteiger partial charge in [0, 0.05) is 18.1 Å². The first-order valence-electron chi connectivity index (χ1n) is 4.86. The van der Waals surface area contributed by atoms with Crippen molar-refractivity contribution >= 4 is 29.2 Å². The number of hydrogen-bond acceptors (Lipinski definition) is 4. The van der Waals surface area contributed by atoms with Gasteiger partial charge in [0.1, 0.15) is 5.75 Å². The Morgan fingerprint density at radius 2 is 2.12 bits per heavy atom. The fourth-order valence-corrected chi connectivity index (χ4v) is 1.44. The van der Waals surface area contributed by atoms with E-state index >= 15 is 0 Å². The third-order valence-corrected chi connectivity index (χ3v) is 2.29. The minimum Gasteiger partial charge on any atom is -0.550 e. The lowest BCUT2D eigenvalue weighted by Gasteiger charge is -2.08. The second-order valence-electron chi connectivity index (χ2n) is 3.27. The number of halogens is 1. The standard InChI is InChI=1S/C11H12ClNO4/c1-17-9-3-2-7(6-8(9)12)13-10(14)4-5-11(15)16/h2-3,6H,4-5H2,1H3,(H,13,14)(H,15,16)/p-1. The molecular weight excluding hydrogens is 246 g/mol. The van der Waals surface area contributed by atoms with Crippen LogP contribution in [0.5, 0.6) is 5.75 Å². The summed E-state index contributed by atoms with van der Waals surface area (Å²) in [6.45, 7) is 0. The van der Waals surface area contributed by atoms with Crippen LogP contribution < -0.4 is 15.2 Å². The summed E-state index contributed by atoms with van der Waals surface area (Å²) in [6.07, 6.45) is -0.443. The average Bonchev–Trinajstić information content (AvgIpc) is 2.26. The SMILES string of the molecule is COc1ccc(NC(=O)CCC(=O)[O-])cc1Cl. The van der Waals surface area contributed by atoms with Crippen LogP contribution in [0.2, 0.25) is 5.02 Å². The summed E-state index contributed by atoms with van der Waals surface area (Å²) in [5.74, 6) is -1.16. The first-order valence-corrected chi connectivity index (χ1v) is 5.24. The van der Waals surface area contributed by atoms with Gasteiger partial charge in [-0.1, -0.05) is 11.6 Å². The number of methoxy groups -OCH3 is 1. The fourth-order valence-electron chi connectivity index (χ4n) is 1.18. The summed E-state index contributed by atoms with van der Waals surface area (Å²) in [7, 11) is 1.49. The van der Waals surface area contributed by atoms with E-state index in [-0.39, 0.29) is 12.8 Å². The van der Waals surface area contributed by atoms with E-state index in [2.05, 4.69) is 5.32 Å². The second kappa shape index (κ2) is 6.10. The number of nitrogens with one attached hydrogen (secondary N) is 1. The molecule has 1 aromatic rings. The first kappa shape index (κ1) is 13.3. The molecule has 0 atom stereocenters. The molecule has 0 radical (unpaired) electrons. The number of carbonyl (C=O) groups is 2. The van der Waals surface area contributed by atoms with Crippen molar-refractivity contribution in [2.24, 2.45) is 0 Å². The van der Waals surface area contributed by atoms with Crippen molar-refractivity contribution in [2.75, 3.05) is 12.4 Å². The summed E-state index contributed by atoms with van der Waals surface area (Å²) in [5.41, 5.74) is 0.485. The average molecular weight is 257 g/mol. The van der Waals surface area contributed by atoms with Crippen LogP contribution in [0.1, 0.15) is 12.8 Å². The van der Waals surface area contributed by atoms with E-state index in [1.54, 1.807) is 12.1 Å². The zero-order chi connectivity index (χ0) is 12.8. The van der Waals surface area contributed by atoms with Crippen LogP contribution in [-0.4, -0.2) is 19.0 Å². The lowest BCUT2D eigenvalue weighted by Crippen LogP contribution is -2.24. The number of carboxylic acids is 1. The van der Waals surface area contributed by atoms with Crippen LogP contribution in [-0.2, 0) is 9.59 Å². The van der Waals surface area contributed by atoms with Gasteiger partial charge in [-0.2, -0.15) is 0 Å². The zero-order valence-corrected chi connectivity index (χ0v) is 9.91. The molecule has 0 saturated heterocycles. The van der Waals surface area contributed by atoms with Crippen molar-refractivity contribution in [3.63, 3.8) is 0 Å². The molecule has 5 nitrogen and oxygen atoms in total. The molecule has 0 saturated carbocycles. The van der Waals surface area contributed by atoms with E-state index in [9.17, 15) is 14.7 Å². The minimum atomic E-state index is -1.26. The van der Waals surface area contributed by atoms with E-state index in [1.807, 2.05) is 0 Å². The molecule has 1 rings (SSSR count). The van der Waals surface area contributed by atoms with Gasteiger partial charge in [0.25, 0.3) is 0 Å². The minimum absolute atomic E-state index is 0.133. The van der Waals surface area contributed by atoms with Crippen molar-refractivity contribution < 1.29 is 19.4 Å². The number of anilines is 1. The monoisotopic (exact) mass is 256 g/mol. The maximum atomic E-state index is 11.3. The molecule has 0 heterocycles. The third kappa shape index (κ3) is 4.32. The molecule has 0 aromatic heterocycles. The maximum Gasteiger partial charge on any atom is 0.224 e. The highest BCUT2D eigenvalue weighted by Crippen LogP contribution is 2.27. The number of aliphatic carboxylic acids is 1. The summed E-state index contributed by atoms with van der Waals surface area (Å²) in [6, 6.07) is 4.75. The lowest BCUT2D eigenvalue weighted by atomic mass is 10.2. The van der Waals surface area contributed by atoms with E-state index in [1.165, 1.54) is 13.2 Å². The summed E-state index contributed by atoms with van der Waals surface area (Å²) >= 11 is 5.86. The summed E-state index contributed by atoms with van der Waals surface area (Å²) in [4.78, 5) is 21.5. The molecule has 0 unspecified atom stereocenters. The van der Waals surface area contributed by atoms with Crippen molar-refractivity contribution in [3.05, 3.63) is 23.2 Å². The molecule has 1 N–H and O–H groups in total. The molecule has 0 aliphatic rings. The molecule has 17 heavy (non-hydrogen) atoms. The number of benzene rings is 1. The van der Waals surface area contributed by atoms with E-state index < -0.39 is 11.9 Å². The van der Waals surface area contributed by atoms with Crippen LogP contribution in [0.3, 0.4) is 0 Å². The Morgan fingerprint density at radius 1 is 1.41 bits per heavy atom. The Morgan fingerprint density at radius 3 is 2.65 bits per heavy atom. The molecular formula is C11H11ClNO4-. The van der Waals surface area contributed by atoms with Gasteiger partial charge in [0.05, 0.1) is 12.1 Å². The summed E-state index contributed by atoms with van der Waals surface area (Å²) < 4.78 is 4.95. The Labute approximate surface area is 103 Å². The van der Waals surface area contributed by atoms with Gasteiger partial charge in [0.15, 0.2) is 0 Å². The lowest BCUT2D eigenvalue weighted by molar-refractivity contribution is -0.305. The molecule has 0 spiro atoms. The Hall–Kier alpha value is -1.75. The predicted octanol–water partition coefficient (Wildman–Crippen LogP) is 0.817. The van der Waals surface area contributed by atoms with Gasteiger partial charge in [-0.3, -0.25) is 4.79 Å². The van der Waals surface area contributed by atoms with Crippen LogP contribution in [0.15, 0.2) is 18.2 Å². The Kier molecular flexibility index (Phi) is 4.78. The zero-order valence-electron chi connectivity index (χ0n) is 9.16. The normalized spacial score (nSPS) is 9.76. The highest BCUT2D eigenvalue weighted by Gasteiger charge is 2.05. The van der Waals surface area contributed by atoms with Crippen molar-refractivity contribution in [2.45, 2.75) is 12.8 Å². The number of rotatable bonds is 5. The van der Waals surface area contributed by atoms with Crippen molar-refractivity contribution in [3.8, 4) is 5.75 Å². The highest BCUT2D eigenvalue weighted by atomic mass is 35.5. The number of ether oxygens (including phenoxy) is 1. The van der Waals surface area contributed by atoms with E-state index in [0.29, 0.717) is 16.5 Å². The molecule has 0 fully saturated rings. The predicted molar refractivity (Wildman–Crippen MR) is 60.9 cm³/mol. The Balaban J connectivity index is 2.60. The molecule has 1 aromatic carbocycles. The largest absolute Gasteiger partial charge is 0.550 e. The molecule has 0 aliphatic heterocycles. The quantitative estimate of drug-likeness (QED) is 0.846. The Bertz CT molecular complexity index is 433. The van der Waals surface area contributed by atoms with E-state index in [4.69, 9.17) is 16.3 Å². The smallest absolute Gasteiger partial charge is 0.224 e. The van der Waals surface area contributed by atoms with Gasteiger partial charge < -0.3 is 20.0 Å². The van der Waals surface area contributed by atoms with Crippen molar-refractivity contribution in [1.29, 1.82) is 0 Å². The molecule has 1 amide bonds. The number of amides is 1. The molecule has 6 heteroatoms. The molecule has 0 bridgehead atoms. The van der Waals surface area contributed by atoms with Crippen LogP contribution >= 0.6 is 11.6 Å². The number of carboxylic acid groups (broad SMARTS) is 1. The van der Waals surface area contributed by atoms with Crippen molar-refractivity contribution in [1.82, 2.24) is 0 Å². The van der Waals surface area contributed by atoms with Gasteiger partial charge in [-0.25, -0.2) is 0 Å². The highest BCUT2D eigenvalue weighted by molar-refractivity contribution is 6.32. The van der Waals surface area contributed by atoms with Crippen LogP contribution in [0, 0.1) is 0 Å². The number of hydrogen-bond donors (Lipinski definition) is 1. The van der Waals surface area contributed by atoms with Gasteiger partial charge in [-0.05, 0) is 24.6 Å². The second-order valence-corrected chi connectivity index (χ2v) is 3.68. The van der Waals surface area contributed by atoms with Gasteiger partial charge in [-0.15, -0.1) is 0 Å². The fraction of sp³-hybridized carbons (Fsp3) is 0.273. The number of carbonyl (C=O) groups excluding carboxylic acids is 2. The first-order chi connectivity index (χ1) is 8.02. The van der Waals surface area contributed by atoms with Gasteiger partial charge in [0.2, 0.25) is 5.91 Å². The summed E-state index contributed by atoms with van der Waals surface area (Å²) in [5, 5.41) is 13.1. The topological polar surface area (TPSA) is 78.5 Å². The van der Waals surface area contributed by atoms with Crippen LogP contribution in [0.25, 0.3) is 0 Å².